The van der Waals surface area contributed by atoms with Gasteiger partial charge in [-0.05, 0) is 26.3 Å². The molecule has 1 aliphatic heterocycles. The Balaban J connectivity index is 1.73. The number of carbonyl (C=O) groups excluding carboxylic acids is 1. The zero-order valence-corrected chi connectivity index (χ0v) is 12.4. The highest BCUT2D eigenvalue weighted by Crippen LogP contribution is 2.25. The summed E-state index contributed by atoms with van der Waals surface area (Å²) in [4.78, 5) is 17.0. The highest BCUT2D eigenvalue weighted by Gasteiger charge is 2.35. The molecule has 1 atom stereocenters. The van der Waals surface area contributed by atoms with E-state index in [0.717, 1.165) is 35.7 Å². The van der Waals surface area contributed by atoms with Crippen LogP contribution in [0.1, 0.15) is 24.8 Å². The van der Waals surface area contributed by atoms with Crippen molar-refractivity contribution in [2.75, 3.05) is 6.54 Å². The van der Waals surface area contributed by atoms with Gasteiger partial charge in [-0.3, -0.25) is 4.79 Å². The first-order valence-electron chi connectivity index (χ1n) is 6.95. The molecule has 1 aliphatic rings. The Morgan fingerprint density at radius 3 is 2.90 bits per heavy atom. The Bertz CT molecular complexity index is 600. The highest BCUT2D eigenvalue weighted by atomic mass is 32.1. The van der Waals surface area contributed by atoms with Gasteiger partial charge in [0.25, 0.3) is 0 Å². The average Bonchev–Trinajstić information content (AvgIpc) is 3.10. The largest absolute Gasteiger partial charge is 0.305 e. The van der Waals surface area contributed by atoms with Gasteiger partial charge in [-0.1, -0.05) is 30.3 Å². The van der Waals surface area contributed by atoms with Crippen LogP contribution in [0.4, 0.5) is 0 Å². The second-order valence-electron chi connectivity index (χ2n) is 5.45. The van der Waals surface area contributed by atoms with E-state index in [1.165, 1.54) is 0 Å². The summed E-state index contributed by atoms with van der Waals surface area (Å²) in [5.41, 5.74) is 1.72. The van der Waals surface area contributed by atoms with Crippen LogP contribution in [0.2, 0.25) is 0 Å². The van der Waals surface area contributed by atoms with Crippen molar-refractivity contribution in [3.05, 3.63) is 40.7 Å². The summed E-state index contributed by atoms with van der Waals surface area (Å²) in [5, 5.41) is 6.26. The number of carbonyl (C=O) groups is 1. The zero-order valence-electron chi connectivity index (χ0n) is 11.6. The van der Waals surface area contributed by atoms with Gasteiger partial charge in [-0.2, -0.15) is 0 Å². The third kappa shape index (κ3) is 2.67. The van der Waals surface area contributed by atoms with Gasteiger partial charge in [0.2, 0.25) is 0 Å². The number of nitrogens with one attached hydrogen (secondary N) is 1. The molecule has 2 aromatic rings. The number of hydrogen-bond donors (Lipinski definition) is 1. The van der Waals surface area contributed by atoms with Crippen LogP contribution in [0.25, 0.3) is 11.3 Å². The smallest absolute Gasteiger partial charge is 0.159 e. The summed E-state index contributed by atoms with van der Waals surface area (Å²) in [6, 6.07) is 10.1. The molecule has 1 fully saturated rings. The lowest BCUT2D eigenvalue weighted by molar-refractivity contribution is -0.123. The van der Waals surface area contributed by atoms with E-state index in [1.54, 1.807) is 11.3 Å². The predicted molar refractivity (Wildman–Crippen MR) is 81.9 cm³/mol. The van der Waals surface area contributed by atoms with Gasteiger partial charge >= 0.3 is 0 Å². The number of ketones is 1. The molecule has 3 rings (SSSR count). The van der Waals surface area contributed by atoms with E-state index in [2.05, 4.69) is 10.3 Å². The first kappa shape index (κ1) is 13.5. The van der Waals surface area contributed by atoms with E-state index in [-0.39, 0.29) is 11.3 Å². The molecule has 104 valence electrons. The summed E-state index contributed by atoms with van der Waals surface area (Å²) in [6.45, 7) is 2.95. The third-order valence-corrected chi connectivity index (χ3v) is 4.77. The third-order valence-electron chi connectivity index (χ3n) is 3.92. The molecule has 3 nitrogen and oxygen atoms in total. The van der Waals surface area contributed by atoms with Gasteiger partial charge in [0.1, 0.15) is 5.01 Å². The molecule has 2 heterocycles. The van der Waals surface area contributed by atoms with E-state index in [9.17, 15) is 4.79 Å². The van der Waals surface area contributed by atoms with E-state index in [4.69, 9.17) is 0 Å². The topological polar surface area (TPSA) is 42.0 Å². The maximum Gasteiger partial charge on any atom is 0.159 e. The van der Waals surface area contributed by atoms with Crippen LogP contribution in [0, 0.1) is 0 Å². The standard InChI is InChI=1S/C16H18N2OS/c1-16(8-5-9-17-16)14(19)10-15-18-13(11-20-15)12-6-3-2-4-7-12/h2-4,6-7,11,17H,5,8-10H2,1H3. The fourth-order valence-electron chi connectivity index (χ4n) is 2.60. The predicted octanol–water partition coefficient (Wildman–Crippen LogP) is 3.06. The van der Waals surface area contributed by atoms with E-state index >= 15 is 0 Å². The Kier molecular flexibility index (Phi) is 3.68. The van der Waals surface area contributed by atoms with Crippen LogP contribution < -0.4 is 5.32 Å². The minimum Gasteiger partial charge on any atom is -0.305 e. The number of thiazole rings is 1. The fraction of sp³-hybridized carbons (Fsp3) is 0.375. The summed E-state index contributed by atoms with van der Waals surface area (Å²) in [5.74, 6) is 0.254. The molecule has 1 aromatic heterocycles. The molecule has 1 N–H and O–H groups in total. The van der Waals surface area contributed by atoms with Crippen LogP contribution in [0.5, 0.6) is 0 Å². The quantitative estimate of drug-likeness (QED) is 0.939. The first-order chi connectivity index (χ1) is 9.67. The molecule has 20 heavy (non-hydrogen) atoms. The van der Waals surface area contributed by atoms with Crippen molar-refractivity contribution in [1.82, 2.24) is 10.3 Å². The molecule has 1 aromatic carbocycles. The Morgan fingerprint density at radius 2 is 2.20 bits per heavy atom. The molecule has 0 saturated carbocycles. The molecule has 4 heteroatoms. The molecule has 0 spiro atoms. The molecule has 0 bridgehead atoms. The summed E-state index contributed by atoms with van der Waals surface area (Å²) in [6.07, 6.45) is 2.44. The Labute approximate surface area is 123 Å². The van der Waals surface area contributed by atoms with Gasteiger partial charge in [0, 0.05) is 10.9 Å². The molecule has 1 unspecified atom stereocenters. The lowest BCUT2D eigenvalue weighted by atomic mass is 9.93. The van der Waals surface area contributed by atoms with Gasteiger partial charge < -0.3 is 5.32 Å². The Morgan fingerprint density at radius 1 is 1.40 bits per heavy atom. The first-order valence-corrected chi connectivity index (χ1v) is 7.83. The van der Waals surface area contributed by atoms with Gasteiger partial charge in [0.05, 0.1) is 17.7 Å². The molecule has 0 amide bonds. The second kappa shape index (κ2) is 5.46. The van der Waals surface area contributed by atoms with E-state index in [0.29, 0.717) is 6.42 Å². The minimum absolute atomic E-state index is 0.254. The highest BCUT2D eigenvalue weighted by molar-refractivity contribution is 7.10. The summed E-state index contributed by atoms with van der Waals surface area (Å²) >= 11 is 1.57. The maximum atomic E-state index is 12.4. The normalized spacial score (nSPS) is 22.1. The number of Topliss-reactive ketones (excluding diaryl/α,β-unsaturated/α-hetero) is 1. The maximum absolute atomic E-state index is 12.4. The number of nitrogens with zero attached hydrogens (tertiary/aromatic N) is 1. The van der Waals surface area contributed by atoms with Crippen molar-refractivity contribution < 1.29 is 4.79 Å². The van der Waals surface area contributed by atoms with Crippen LogP contribution in [-0.2, 0) is 11.2 Å². The number of rotatable bonds is 4. The molecular formula is C16H18N2OS. The zero-order chi connectivity index (χ0) is 14.0. The number of benzene rings is 1. The molecular weight excluding hydrogens is 268 g/mol. The second-order valence-corrected chi connectivity index (χ2v) is 6.40. The van der Waals surface area contributed by atoms with Crippen molar-refractivity contribution in [1.29, 1.82) is 0 Å². The van der Waals surface area contributed by atoms with Gasteiger partial charge in [0.15, 0.2) is 5.78 Å². The number of hydrogen-bond acceptors (Lipinski definition) is 4. The van der Waals surface area contributed by atoms with Gasteiger partial charge in [-0.15, -0.1) is 11.3 Å². The van der Waals surface area contributed by atoms with Crippen LogP contribution in [0.3, 0.4) is 0 Å². The van der Waals surface area contributed by atoms with Crippen molar-refractivity contribution in [3.63, 3.8) is 0 Å². The lowest BCUT2D eigenvalue weighted by Crippen LogP contribution is -2.45. The van der Waals surface area contributed by atoms with Crippen molar-refractivity contribution in [3.8, 4) is 11.3 Å². The summed E-state index contributed by atoms with van der Waals surface area (Å²) < 4.78 is 0. The van der Waals surface area contributed by atoms with Crippen molar-refractivity contribution in [2.24, 2.45) is 0 Å². The van der Waals surface area contributed by atoms with Gasteiger partial charge in [-0.25, -0.2) is 4.98 Å². The van der Waals surface area contributed by atoms with Crippen LogP contribution in [-0.4, -0.2) is 22.9 Å². The fourth-order valence-corrected chi connectivity index (χ4v) is 3.40. The number of aromatic nitrogens is 1. The SMILES string of the molecule is CC1(C(=O)Cc2nc(-c3ccccc3)cs2)CCCN1. The molecule has 1 saturated heterocycles. The van der Waals surface area contributed by atoms with Crippen LogP contribution >= 0.6 is 11.3 Å². The average molecular weight is 286 g/mol. The van der Waals surface area contributed by atoms with Crippen molar-refractivity contribution in [2.45, 2.75) is 31.7 Å². The van der Waals surface area contributed by atoms with Crippen molar-refractivity contribution >= 4 is 17.1 Å². The van der Waals surface area contributed by atoms with Crippen LogP contribution in [0.15, 0.2) is 35.7 Å². The molecule has 0 aliphatic carbocycles. The minimum atomic E-state index is -0.349. The lowest BCUT2D eigenvalue weighted by Gasteiger charge is -2.21. The van der Waals surface area contributed by atoms with E-state index in [1.807, 2.05) is 42.6 Å². The monoisotopic (exact) mass is 286 g/mol. The Hall–Kier alpha value is -1.52. The van der Waals surface area contributed by atoms with E-state index < -0.39 is 0 Å². The summed E-state index contributed by atoms with van der Waals surface area (Å²) in [7, 11) is 0. The molecule has 0 radical (unpaired) electrons.